The molecule has 0 aliphatic heterocycles. The van der Waals surface area contributed by atoms with Gasteiger partial charge in [0, 0.05) is 6.08 Å². The monoisotopic (exact) mass is 192 g/mol. The van der Waals surface area contributed by atoms with E-state index in [0.717, 1.165) is 5.56 Å². The van der Waals surface area contributed by atoms with Crippen molar-refractivity contribution >= 4 is 6.08 Å². The molecule has 0 unspecified atom stereocenters. The highest BCUT2D eigenvalue weighted by Crippen LogP contribution is 2.08. The minimum Gasteiger partial charge on any atom is -0.358 e. The van der Waals surface area contributed by atoms with E-state index < -0.39 is 4.92 Å². The molecule has 14 heavy (non-hydrogen) atoms. The summed E-state index contributed by atoms with van der Waals surface area (Å²) in [6, 6.07) is 9.22. The molecular formula is C10H12N2O2. The third-order valence-corrected chi connectivity index (χ3v) is 1.74. The van der Waals surface area contributed by atoms with E-state index in [-0.39, 0.29) is 5.82 Å². The molecule has 4 heteroatoms. The molecule has 1 rings (SSSR count). The Kier molecular flexibility index (Phi) is 3.23. The van der Waals surface area contributed by atoms with E-state index in [1.54, 1.807) is 20.2 Å². The number of nitro groups is 1. The molecule has 0 amide bonds. The SMILES string of the molecule is CN(C)/C(=C\c1ccccc1)[N+](=O)[O-]. The summed E-state index contributed by atoms with van der Waals surface area (Å²) in [6.07, 6.45) is 1.54. The average Bonchev–Trinajstić information content (AvgIpc) is 2.15. The summed E-state index contributed by atoms with van der Waals surface area (Å²) in [6.45, 7) is 0. The van der Waals surface area contributed by atoms with Crippen LogP contribution in [-0.4, -0.2) is 23.9 Å². The quantitative estimate of drug-likeness (QED) is 0.542. The van der Waals surface area contributed by atoms with Gasteiger partial charge in [-0.25, -0.2) is 0 Å². The molecule has 74 valence electrons. The lowest BCUT2D eigenvalue weighted by Crippen LogP contribution is -2.17. The van der Waals surface area contributed by atoms with Crippen LogP contribution in [0.15, 0.2) is 36.2 Å². The van der Waals surface area contributed by atoms with Crippen LogP contribution in [0.2, 0.25) is 0 Å². The van der Waals surface area contributed by atoms with Crippen molar-refractivity contribution in [2.75, 3.05) is 14.1 Å². The molecule has 0 aromatic heterocycles. The summed E-state index contributed by atoms with van der Waals surface area (Å²) in [5.74, 6) is 0.0798. The Labute approximate surface area is 82.6 Å². The molecule has 0 fully saturated rings. The van der Waals surface area contributed by atoms with Crippen LogP contribution in [0, 0.1) is 10.1 Å². The second-order valence-electron chi connectivity index (χ2n) is 3.06. The Balaban J connectivity index is 3.00. The van der Waals surface area contributed by atoms with E-state index in [2.05, 4.69) is 0 Å². The lowest BCUT2D eigenvalue weighted by atomic mass is 10.2. The van der Waals surface area contributed by atoms with Gasteiger partial charge in [0.25, 0.3) is 0 Å². The fourth-order valence-corrected chi connectivity index (χ4v) is 1.04. The lowest BCUT2D eigenvalue weighted by Gasteiger charge is -2.07. The molecule has 0 heterocycles. The van der Waals surface area contributed by atoms with Crippen molar-refractivity contribution in [1.82, 2.24) is 4.90 Å². The maximum Gasteiger partial charge on any atom is 0.318 e. The predicted octanol–water partition coefficient (Wildman–Crippen LogP) is 1.82. The predicted molar refractivity (Wildman–Crippen MR) is 55.1 cm³/mol. The largest absolute Gasteiger partial charge is 0.358 e. The van der Waals surface area contributed by atoms with E-state index in [9.17, 15) is 10.1 Å². The number of rotatable bonds is 3. The van der Waals surface area contributed by atoms with Crippen LogP contribution in [0.4, 0.5) is 0 Å². The van der Waals surface area contributed by atoms with Crippen molar-refractivity contribution < 1.29 is 4.92 Å². The molecule has 0 saturated heterocycles. The topological polar surface area (TPSA) is 46.4 Å². The van der Waals surface area contributed by atoms with Gasteiger partial charge in [0.05, 0.1) is 14.1 Å². The molecule has 1 aromatic carbocycles. The van der Waals surface area contributed by atoms with Gasteiger partial charge in [-0.2, -0.15) is 0 Å². The normalized spacial score (nSPS) is 11.1. The zero-order chi connectivity index (χ0) is 10.6. The smallest absolute Gasteiger partial charge is 0.318 e. The second-order valence-corrected chi connectivity index (χ2v) is 3.06. The van der Waals surface area contributed by atoms with Crippen LogP contribution < -0.4 is 0 Å². The van der Waals surface area contributed by atoms with Crippen molar-refractivity contribution in [3.63, 3.8) is 0 Å². The van der Waals surface area contributed by atoms with E-state index in [1.807, 2.05) is 30.3 Å². The van der Waals surface area contributed by atoms with Gasteiger partial charge < -0.3 is 10.1 Å². The Hall–Kier alpha value is -1.84. The van der Waals surface area contributed by atoms with Crippen molar-refractivity contribution in [3.05, 3.63) is 51.8 Å². The van der Waals surface area contributed by atoms with E-state index >= 15 is 0 Å². The maximum absolute atomic E-state index is 10.6. The first-order valence-electron chi connectivity index (χ1n) is 4.19. The molecule has 0 aliphatic carbocycles. The van der Waals surface area contributed by atoms with Crippen LogP contribution in [0.25, 0.3) is 6.08 Å². The van der Waals surface area contributed by atoms with Gasteiger partial charge in [-0.3, -0.25) is 4.90 Å². The second kappa shape index (κ2) is 4.41. The average molecular weight is 192 g/mol. The first-order chi connectivity index (χ1) is 6.61. The van der Waals surface area contributed by atoms with Crippen LogP contribution in [0.3, 0.4) is 0 Å². The Morgan fingerprint density at radius 2 is 1.93 bits per heavy atom. The van der Waals surface area contributed by atoms with E-state index in [4.69, 9.17) is 0 Å². The Morgan fingerprint density at radius 3 is 2.36 bits per heavy atom. The summed E-state index contributed by atoms with van der Waals surface area (Å²) in [7, 11) is 3.30. The lowest BCUT2D eigenvalue weighted by molar-refractivity contribution is -0.442. The molecule has 0 aliphatic rings. The minimum absolute atomic E-state index is 0.0798. The highest BCUT2D eigenvalue weighted by Gasteiger charge is 2.10. The fourth-order valence-electron chi connectivity index (χ4n) is 1.04. The van der Waals surface area contributed by atoms with Gasteiger partial charge in [-0.15, -0.1) is 0 Å². The van der Waals surface area contributed by atoms with Crippen LogP contribution in [-0.2, 0) is 0 Å². The number of hydrogen-bond acceptors (Lipinski definition) is 3. The zero-order valence-corrected chi connectivity index (χ0v) is 8.18. The highest BCUT2D eigenvalue weighted by atomic mass is 16.6. The zero-order valence-electron chi connectivity index (χ0n) is 8.18. The molecule has 0 saturated carbocycles. The summed E-state index contributed by atoms with van der Waals surface area (Å²) in [4.78, 5) is 11.7. The number of nitrogens with zero attached hydrogens (tertiary/aromatic N) is 2. The molecule has 1 aromatic rings. The Bertz CT molecular complexity index is 344. The molecule has 0 atom stereocenters. The molecular weight excluding hydrogens is 180 g/mol. The van der Waals surface area contributed by atoms with Gasteiger partial charge in [-0.05, 0) is 10.5 Å². The first kappa shape index (κ1) is 10.2. The van der Waals surface area contributed by atoms with Crippen molar-refractivity contribution in [3.8, 4) is 0 Å². The molecule has 0 spiro atoms. The first-order valence-corrected chi connectivity index (χ1v) is 4.19. The summed E-state index contributed by atoms with van der Waals surface area (Å²) in [5.41, 5.74) is 0.827. The van der Waals surface area contributed by atoms with Gasteiger partial charge >= 0.3 is 5.82 Å². The molecule has 4 nitrogen and oxygen atoms in total. The third-order valence-electron chi connectivity index (χ3n) is 1.74. The fraction of sp³-hybridized carbons (Fsp3) is 0.200. The summed E-state index contributed by atoms with van der Waals surface area (Å²) < 4.78 is 0. The number of hydrogen-bond donors (Lipinski definition) is 0. The van der Waals surface area contributed by atoms with Gasteiger partial charge in [0.1, 0.15) is 0 Å². The van der Waals surface area contributed by atoms with Gasteiger partial charge in [0.2, 0.25) is 0 Å². The standard InChI is InChI=1S/C10H12N2O2/c1-11(2)10(12(13)14)8-9-6-4-3-5-7-9/h3-8H,1-2H3/b10-8+. The minimum atomic E-state index is -0.396. The molecule has 0 bridgehead atoms. The van der Waals surface area contributed by atoms with E-state index in [1.165, 1.54) is 4.90 Å². The maximum atomic E-state index is 10.6. The van der Waals surface area contributed by atoms with Crippen LogP contribution in [0.5, 0.6) is 0 Å². The van der Waals surface area contributed by atoms with Gasteiger partial charge in [-0.1, -0.05) is 30.3 Å². The van der Waals surface area contributed by atoms with Gasteiger partial charge in [0.15, 0.2) is 0 Å². The van der Waals surface area contributed by atoms with Crippen molar-refractivity contribution in [2.45, 2.75) is 0 Å². The Morgan fingerprint density at radius 1 is 1.36 bits per heavy atom. The van der Waals surface area contributed by atoms with Crippen molar-refractivity contribution in [1.29, 1.82) is 0 Å². The van der Waals surface area contributed by atoms with Crippen LogP contribution >= 0.6 is 0 Å². The van der Waals surface area contributed by atoms with Crippen molar-refractivity contribution in [2.24, 2.45) is 0 Å². The third kappa shape index (κ3) is 2.58. The van der Waals surface area contributed by atoms with E-state index in [0.29, 0.717) is 0 Å². The summed E-state index contributed by atoms with van der Waals surface area (Å²) >= 11 is 0. The molecule has 0 radical (unpaired) electrons. The van der Waals surface area contributed by atoms with Crippen LogP contribution in [0.1, 0.15) is 5.56 Å². The molecule has 0 N–H and O–H groups in total. The number of benzene rings is 1. The summed E-state index contributed by atoms with van der Waals surface area (Å²) in [5, 5.41) is 10.6. The highest BCUT2D eigenvalue weighted by molar-refractivity contribution is 5.50.